The first-order valence-corrected chi connectivity index (χ1v) is 9.49. The molecule has 3 heterocycles. The van der Waals surface area contributed by atoms with Gasteiger partial charge in [0, 0.05) is 18.1 Å². The first kappa shape index (κ1) is 15.6. The molecule has 4 nitrogen and oxygen atoms in total. The maximum atomic E-state index is 7.79. The number of ether oxygens (including phenoxy) is 1. The van der Waals surface area contributed by atoms with Crippen molar-refractivity contribution in [2.45, 2.75) is 57.1 Å². The Hall–Kier alpha value is -0.260. The maximum absolute atomic E-state index is 7.79. The number of amidine groups is 1. The molecule has 3 saturated heterocycles. The van der Waals surface area contributed by atoms with Crippen molar-refractivity contribution in [2.24, 2.45) is 11.1 Å². The van der Waals surface area contributed by atoms with Gasteiger partial charge in [-0.3, -0.25) is 5.41 Å². The van der Waals surface area contributed by atoms with Crippen molar-refractivity contribution < 1.29 is 4.74 Å². The lowest BCUT2D eigenvalue weighted by Crippen LogP contribution is -2.54. The van der Waals surface area contributed by atoms with Gasteiger partial charge in [-0.15, -0.1) is 0 Å². The molecule has 3 rings (SSSR count). The van der Waals surface area contributed by atoms with E-state index in [0.29, 0.717) is 11.9 Å². The molecule has 3 N–H and O–H groups in total. The van der Waals surface area contributed by atoms with Crippen LogP contribution in [-0.2, 0) is 4.74 Å². The Morgan fingerprint density at radius 1 is 1.24 bits per heavy atom. The fourth-order valence-electron chi connectivity index (χ4n) is 4.06. The molecule has 0 aromatic heterocycles. The van der Waals surface area contributed by atoms with Crippen LogP contribution in [0.15, 0.2) is 0 Å². The molecule has 21 heavy (non-hydrogen) atoms. The van der Waals surface area contributed by atoms with Crippen molar-refractivity contribution >= 4 is 17.6 Å². The molecule has 0 radical (unpaired) electrons. The lowest BCUT2D eigenvalue weighted by atomic mass is 9.77. The number of thioether (sulfide) groups is 1. The molecule has 0 bridgehead atoms. The van der Waals surface area contributed by atoms with Crippen molar-refractivity contribution in [3.63, 3.8) is 0 Å². The quantitative estimate of drug-likeness (QED) is 0.607. The first-order valence-electron chi connectivity index (χ1n) is 8.33. The summed E-state index contributed by atoms with van der Waals surface area (Å²) in [5.74, 6) is 2.89. The van der Waals surface area contributed by atoms with Gasteiger partial charge in [0.05, 0.1) is 11.4 Å². The zero-order chi connectivity index (χ0) is 14.9. The molecule has 0 amide bonds. The molecule has 5 heteroatoms. The van der Waals surface area contributed by atoms with Gasteiger partial charge in [-0.1, -0.05) is 6.92 Å². The van der Waals surface area contributed by atoms with Gasteiger partial charge in [0.15, 0.2) is 0 Å². The number of likely N-dealkylation sites (tertiary alicyclic amines) is 1. The molecule has 0 aromatic carbocycles. The van der Waals surface area contributed by atoms with Crippen LogP contribution in [-0.4, -0.2) is 53.6 Å². The van der Waals surface area contributed by atoms with Gasteiger partial charge in [0.2, 0.25) is 0 Å². The van der Waals surface area contributed by atoms with Gasteiger partial charge >= 0.3 is 0 Å². The van der Waals surface area contributed by atoms with Crippen molar-refractivity contribution in [3.8, 4) is 0 Å². The molecule has 0 aromatic rings. The summed E-state index contributed by atoms with van der Waals surface area (Å²) < 4.78 is 6.21. The zero-order valence-electron chi connectivity index (χ0n) is 13.2. The summed E-state index contributed by atoms with van der Waals surface area (Å²) in [5, 5.41) is 7.79. The molecule has 3 aliphatic rings. The number of nitrogens with one attached hydrogen (secondary N) is 1. The normalized spacial score (nSPS) is 32.9. The highest BCUT2D eigenvalue weighted by Gasteiger charge is 2.42. The van der Waals surface area contributed by atoms with Crippen LogP contribution in [0.25, 0.3) is 0 Å². The van der Waals surface area contributed by atoms with E-state index < -0.39 is 0 Å². The molecule has 3 aliphatic heterocycles. The Balaban J connectivity index is 1.59. The van der Waals surface area contributed by atoms with Gasteiger partial charge in [-0.2, -0.15) is 11.8 Å². The third-order valence-electron chi connectivity index (χ3n) is 5.94. The number of piperidine rings is 1. The third-order valence-corrected chi connectivity index (χ3v) is 6.92. The van der Waals surface area contributed by atoms with Gasteiger partial charge < -0.3 is 15.4 Å². The highest BCUT2D eigenvalue weighted by atomic mass is 32.2. The van der Waals surface area contributed by atoms with E-state index in [-0.39, 0.29) is 11.0 Å². The average molecular weight is 311 g/mol. The zero-order valence-corrected chi connectivity index (χ0v) is 14.0. The second kappa shape index (κ2) is 6.09. The standard InChI is InChI=1S/C16H29N3OS/c1-15(14(17)18)3-7-19(8-4-15)13-2-9-20-16(12-13)5-10-21-11-6-16/h13H,2-12H2,1H3,(H3,17,18). The van der Waals surface area contributed by atoms with Crippen LogP contribution in [0.1, 0.15) is 45.4 Å². The summed E-state index contributed by atoms with van der Waals surface area (Å²) in [5.41, 5.74) is 5.89. The second-order valence-electron chi connectivity index (χ2n) is 7.30. The van der Waals surface area contributed by atoms with E-state index in [1.54, 1.807) is 0 Å². The van der Waals surface area contributed by atoms with Crippen molar-refractivity contribution in [1.82, 2.24) is 4.90 Å². The number of nitrogens with zero attached hydrogens (tertiary/aromatic N) is 1. The summed E-state index contributed by atoms with van der Waals surface area (Å²) in [6.45, 7) is 5.25. The number of hydrogen-bond acceptors (Lipinski definition) is 4. The summed E-state index contributed by atoms with van der Waals surface area (Å²) in [6, 6.07) is 0.679. The van der Waals surface area contributed by atoms with Gasteiger partial charge in [0.25, 0.3) is 0 Å². The summed E-state index contributed by atoms with van der Waals surface area (Å²) >= 11 is 2.07. The molecule has 1 spiro atoms. The van der Waals surface area contributed by atoms with E-state index in [1.807, 2.05) is 0 Å². The maximum Gasteiger partial charge on any atom is 0.0966 e. The average Bonchev–Trinajstić information content (AvgIpc) is 2.49. The first-order chi connectivity index (χ1) is 10.0. The third kappa shape index (κ3) is 3.25. The molecule has 120 valence electrons. The largest absolute Gasteiger partial charge is 0.387 e. The van der Waals surface area contributed by atoms with E-state index in [9.17, 15) is 0 Å². The molecule has 0 aliphatic carbocycles. The number of hydrogen-bond donors (Lipinski definition) is 2. The van der Waals surface area contributed by atoms with Crippen LogP contribution in [0, 0.1) is 10.8 Å². The highest BCUT2D eigenvalue weighted by molar-refractivity contribution is 7.99. The lowest BCUT2D eigenvalue weighted by molar-refractivity contribution is -0.113. The van der Waals surface area contributed by atoms with Crippen LogP contribution < -0.4 is 5.73 Å². The second-order valence-corrected chi connectivity index (χ2v) is 8.53. The molecule has 0 saturated carbocycles. The van der Waals surface area contributed by atoms with E-state index in [0.717, 1.165) is 32.5 Å². The Labute approximate surface area is 132 Å². The minimum atomic E-state index is -0.0686. The minimum absolute atomic E-state index is 0.0686. The van der Waals surface area contributed by atoms with Crippen LogP contribution >= 0.6 is 11.8 Å². The predicted molar refractivity (Wildman–Crippen MR) is 89.1 cm³/mol. The fourth-order valence-corrected chi connectivity index (χ4v) is 5.29. The fraction of sp³-hybridized carbons (Fsp3) is 0.938. The van der Waals surface area contributed by atoms with Gasteiger partial charge in [-0.05, 0) is 63.1 Å². The monoisotopic (exact) mass is 311 g/mol. The Morgan fingerprint density at radius 3 is 2.52 bits per heavy atom. The Morgan fingerprint density at radius 2 is 1.90 bits per heavy atom. The van der Waals surface area contributed by atoms with Crippen molar-refractivity contribution in [2.75, 3.05) is 31.2 Å². The highest BCUT2D eigenvalue weighted by Crippen LogP contribution is 2.40. The Kier molecular flexibility index (Phi) is 4.53. The topological polar surface area (TPSA) is 62.3 Å². The predicted octanol–water partition coefficient (Wildman–Crippen LogP) is 2.47. The summed E-state index contributed by atoms with van der Waals surface area (Å²) in [4.78, 5) is 2.65. The van der Waals surface area contributed by atoms with Crippen molar-refractivity contribution in [1.29, 1.82) is 5.41 Å². The molecular formula is C16H29N3OS. The van der Waals surface area contributed by atoms with Crippen molar-refractivity contribution in [3.05, 3.63) is 0 Å². The Bertz CT molecular complexity index is 381. The smallest absolute Gasteiger partial charge is 0.0966 e. The van der Waals surface area contributed by atoms with E-state index in [4.69, 9.17) is 15.9 Å². The number of rotatable bonds is 2. The van der Waals surface area contributed by atoms with E-state index in [2.05, 4.69) is 23.6 Å². The van der Waals surface area contributed by atoms with Crippen LogP contribution in [0.4, 0.5) is 0 Å². The SMILES string of the molecule is CC1(C(=N)N)CCN(C2CCOC3(CCSCC3)C2)CC1. The van der Waals surface area contributed by atoms with Crippen LogP contribution in [0.3, 0.4) is 0 Å². The number of nitrogens with two attached hydrogens (primary N) is 1. The van der Waals surface area contributed by atoms with E-state index in [1.165, 1.54) is 37.2 Å². The van der Waals surface area contributed by atoms with Crippen LogP contribution in [0.2, 0.25) is 0 Å². The molecule has 1 unspecified atom stereocenters. The molecular weight excluding hydrogens is 282 g/mol. The van der Waals surface area contributed by atoms with Gasteiger partial charge in [0.1, 0.15) is 0 Å². The summed E-state index contributed by atoms with van der Waals surface area (Å²) in [6.07, 6.45) is 6.90. The summed E-state index contributed by atoms with van der Waals surface area (Å²) in [7, 11) is 0. The minimum Gasteiger partial charge on any atom is -0.387 e. The van der Waals surface area contributed by atoms with Crippen LogP contribution in [0.5, 0.6) is 0 Å². The lowest BCUT2D eigenvalue weighted by Gasteiger charge is -2.49. The van der Waals surface area contributed by atoms with E-state index >= 15 is 0 Å². The molecule has 1 atom stereocenters. The molecule has 3 fully saturated rings. The van der Waals surface area contributed by atoms with Gasteiger partial charge in [-0.25, -0.2) is 0 Å².